The maximum atomic E-state index is 14.1. The summed E-state index contributed by atoms with van der Waals surface area (Å²) >= 11 is 10.9. The predicted octanol–water partition coefficient (Wildman–Crippen LogP) is 1.29. The number of halogens is 3. The Morgan fingerprint density at radius 3 is 2.81 bits per heavy atom. The number of nitrogens with one attached hydrogen (secondary N) is 1. The summed E-state index contributed by atoms with van der Waals surface area (Å²) in [6.45, 7) is -4.55. The van der Waals surface area contributed by atoms with Gasteiger partial charge >= 0.3 is 12.4 Å². The van der Waals surface area contributed by atoms with E-state index in [1.165, 1.54) is 0 Å². The summed E-state index contributed by atoms with van der Waals surface area (Å²) in [6, 6.07) is 6.77. The molecule has 0 spiro atoms. The van der Waals surface area contributed by atoms with Crippen LogP contribution in [-0.4, -0.2) is 50.6 Å². The molecule has 1 aromatic carbocycles. The van der Waals surface area contributed by atoms with Gasteiger partial charge in [-0.1, -0.05) is 29.8 Å². The molecule has 0 radical (unpaired) electrons. The molecular weight excluding hydrogens is 497 g/mol. The van der Waals surface area contributed by atoms with E-state index in [0.717, 1.165) is 6.20 Å². The first-order chi connectivity index (χ1) is 15.1. The predicted molar refractivity (Wildman–Crippen MR) is 109 cm³/mol. The van der Waals surface area contributed by atoms with E-state index in [1.807, 2.05) is 4.98 Å². The molecule has 0 saturated carbocycles. The highest BCUT2D eigenvalue weighted by atomic mass is 35.5. The molecule has 1 aromatic heterocycles. The van der Waals surface area contributed by atoms with Crippen LogP contribution in [0.4, 0.5) is 8.78 Å². The number of hydrogen-bond acceptors (Lipinski definition) is 9. The first-order valence-electron chi connectivity index (χ1n) is 9.06. The molecular formula is C17H16ClF2N2O8PS. The van der Waals surface area contributed by atoms with Crippen molar-refractivity contribution in [3.8, 4) is 5.75 Å². The fourth-order valence-electron chi connectivity index (χ4n) is 3.29. The molecule has 0 amide bonds. The zero-order valence-electron chi connectivity index (χ0n) is 15.9. The molecule has 2 aliphatic heterocycles. The zero-order chi connectivity index (χ0) is 23.3. The SMILES string of the molecule is O=c1[nH]c(=O)n(C2OC(COP3(=S)OCc4ccccc4O3)(C(F)F)C(O)C2O)cc1Cl. The summed E-state index contributed by atoms with van der Waals surface area (Å²) in [6.07, 6.45) is -8.59. The van der Waals surface area contributed by atoms with Crippen LogP contribution in [0, 0.1) is 0 Å². The zero-order valence-corrected chi connectivity index (χ0v) is 18.4. The maximum Gasteiger partial charge on any atom is 0.381 e. The summed E-state index contributed by atoms with van der Waals surface area (Å²) in [4.78, 5) is 25.4. The minimum atomic E-state index is -3.55. The highest BCUT2D eigenvalue weighted by molar-refractivity contribution is 8.07. The first-order valence-corrected chi connectivity index (χ1v) is 12.0. The van der Waals surface area contributed by atoms with E-state index in [9.17, 15) is 28.6 Å². The Kier molecular flexibility index (Phi) is 6.29. The Hall–Kier alpha value is -1.70. The minimum absolute atomic E-state index is 0.0229. The van der Waals surface area contributed by atoms with E-state index in [4.69, 9.17) is 41.7 Å². The Morgan fingerprint density at radius 2 is 2.09 bits per heavy atom. The number of aromatic nitrogens is 2. The third-order valence-corrected chi connectivity index (χ3v) is 7.47. The molecule has 3 heterocycles. The summed E-state index contributed by atoms with van der Waals surface area (Å²) in [5, 5.41) is 20.4. The van der Waals surface area contributed by atoms with Crippen LogP contribution in [0.1, 0.15) is 11.8 Å². The second-order valence-corrected chi connectivity index (χ2v) is 10.4. The van der Waals surface area contributed by atoms with Crippen molar-refractivity contribution in [3.63, 3.8) is 0 Å². The van der Waals surface area contributed by atoms with Gasteiger partial charge in [-0.2, -0.15) is 0 Å². The molecule has 5 unspecified atom stereocenters. The molecule has 1 saturated heterocycles. The normalized spacial score (nSPS) is 32.0. The number of para-hydroxylation sites is 1. The van der Waals surface area contributed by atoms with Crippen molar-refractivity contribution in [2.24, 2.45) is 0 Å². The number of benzene rings is 1. The van der Waals surface area contributed by atoms with Crippen molar-refractivity contribution in [2.75, 3.05) is 6.61 Å². The Morgan fingerprint density at radius 1 is 1.38 bits per heavy atom. The van der Waals surface area contributed by atoms with Crippen LogP contribution in [0.2, 0.25) is 5.02 Å². The van der Waals surface area contributed by atoms with Gasteiger partial charge in [0.05, 0.1) is 13.2 Å². The van der Waals surface area contributed by atoms with Crippen LogP contribution in [0.25, 0.3) is 0 Å². The largest absolute Gasteiger partial charge is 0.424 e. The summed E-state index contributed by atoms with van der Waals surface area (Å²) in [7, 11) is 0. The van der Waals surface area contributed by atoms with E-state index in [2.05, 4.69) is 0 Å². The maximum absolute atomic E-state index is 14.1. The number of aliphatic hydroxyl groups excluding tert-OH is 2. The Balaban J connectivity index is 1.60. The number of rotatable bonds is 5. The Labute approximate surface area is 188 Å². The van der Waals surface area contributed by atoms with E-state index in [1.54, 1.807) is 24.3 Å². The molecule has 1 fully saturated rings. The van der Waals surface area contributed by atoms with Crippen molar-refractivity contribution in [1.82, 2.24) is 9.55 Å². The molecule has 0 bridgehead atoms. The lowest BCUT2D eigenvalue weighted by molar-refractivity contribution is -0.193. The van der Waals surface area contributed by atoms with Crippen LogP contribution < -0.4 is 15.8 Å². The van der Waals surface area contributed by atoms with Crippen LogP contribution >= 0.6 is 18.3 Å². The molecule has 2 aliphatic rings. The van der Waals surface area contributed by atoms with Gasteiger partial charge in [0.2, 0.25) is 0 Å². The molecule has 10 nitrogen and oxygen atoms in total. The quantitative estimate of drug-likeness (QED) is 0.507. The van der Waals surface area contributed by atoms with Crippen molar-refractivity contribution in [2.45, 2.75) is 37.1 Å². The highest BCUT2D eigenvalue weighted by Crippen LogP contribution is 2.56. The van der Waals surface area contributed by atoms with Crippen molar-refractivity contribution < 1.29 is 37.3 Å². The molecule has 15 heteroatoms. The smallest absolute Gasteiger partial charge is 0.381 e. The van der Waals surface area contributed by atoms with E-state index in [0.29, 0.717) is 15.9 Å². The van der Waals surface area contributed by atoms with E-state index < -0.39 is 60.1 Å². The highest BCUT2D eigenvalue weighted by Gasteiger charge is 2.61. The average Bonchev–Trinajstić information content (AvgIpc) is 3.01. The van der Waals surface area contributed by atoms with Gasteiger partial charge in [0, 0.05) is 23.6 Å². The van der Waals surface area contributed by atoms with Gasteiger partial charge < -0.3 is 19.5 Å². The Bertz CT molecular complexity index is 1200. The van der Waals surface area contributed by atoms with Crippen LogP contribution in [0.15, 0.2) is 40.1 Å². The molecule has 32 heavy (non-hydrogen) atoms. The van der Waals surface area contributed by atoms with Gasteiger partial charge in [-0.15, -0.1) is 0 Å². The number of fused-ring (bicyclic) bond motifs is 1. The second kappa shape index (κ2) is 8.58. The van der Waals surface area contributed by atoms with Gasteiger partial charge in [0.25, 0.3) is 12.0 Å². The van der Waals surface area contributed by atoms with E-state index >= 15 is 0 Å². The molecule has 5 atom stereocenters. The van der Waals surface area contributed by atoms with Gasteiger partial charge in [-0.25, -0.2) is 13.6 Å². The topological polar surface area (TPSA) is 132 Å². The van der Waals surface area contributed by atoms with Crippen molar-refractivity contribution in [1.29, 1.82) is 0 Å². The monoisotopic (exact) mass is 512 g/mol. The molecule has 3 N–H and O–H groups in total. The third-order valence-electron chi connectivity index (χ3n) is 5.03. The second-order valence-electron chi connectivity index (χ2n) is 7.04. The number of alkyl halides is 2. The fourth-order valence-corrected chi connectivity index (χ4v) is 5.26. The lowest BCUT2D eigenvalue weighted by atomic mass is 9.96. The average molecular weight is 513 g/mol. The van der Waals surface area contributed by atoms with Crippen LogP contribution in [-0.2, 0) is 32.2 Å². The lowest BCUT2D eigenvalue weighted by Gasteiger charge is -2.34. The van der Waals surface area contributed by atoms with E-state index in [-0.39, 0.29) is 6.61 Å². The number of H-pyrrole nitrogens is 1. The van der Waals surface area contributed by atoms with Gasteiger partial charge in [-0.05, 0) is 6.07 Å². The van der Waals surface area contributed by atoms with Crippen molar-refractivity contribution in [3.05, 3.63) is 61.9 Å². The molecule has 2 aromatic rings. The number of hydrogen-bond donors (Lipinski definition) is 3. The fraction of sp³-hybridized carbons (Fsp3) is 0.412. The van der Waals surface area contributed by atoms with Crippen LogP contribution in [0.3, 0.4) is 0 Å². The first kappa shape index (κ1) is 23.5. The number of aromatic amines is 1. The molecule has 174 valence electrons. The van der Waals surface area contributed by atoms with Crippen LogP contribution in [0.5, 0.6) is 5.75 Å². The number of ether oxygens (including phenoxy) is 1. The van der Waals surface area contributed by atoms with Gasteiger partial charge in [-0.3, -0.25) is 23.4 Å². The van der Waals surface area contributed by atoms with Gasteiger partial charge in [0.1, 0.15) is 23.0 Å². The lowest BCUT2D eigenvalue weighted by Crippen LogP contribution is -2.52. The van der Waals surface area contributed by atoms with Gasteiger partial charge in [0.15, 0.2) is 11.8 Å². The summed E-state index contributed by atoms with van der Waals surface area (Å²) in [5.41, 5.74) is -4.12. The van der Waals surface area contributed by atoms with Crippen molar-refractivity contribution >= 4 is 30.1 Å². The summed E-state index contributed by atoms with van der Waals surface area (Å²) in [5.74, 6) is 0.369. The number of nitrogens with zero attached hydrogens (tertiary/aromatic N) is 1. The third kappa shape index (κ3) is 4.03. The summed E-state index contributed by atoms with van der Waals surface area (Å²) < 4.78 is 50.5. The molecule has 0 aliphatic carbocycles. The standard InChI is InChI=1S/C17H16ClF2N2O8PS/c18-9-5-22(16(26)21-13(9)25)14-11(23)12(24)17(29-14,15(19)20)7-28-31(32)27-6-8-3-1-2-4-10(8)30-31/h1-5,11-12,14-15,23-24H,6-7H2,(H,21,25,26). The minimum Gasteiger partial charge on any atom is -0.424 e. The number of aliphatic hydroxyl groups is 2. The molecule has 4 rings (SSSR count).